The Hall–Kier alpha value is -1.38. The number of ketones is 2. The van der Waals surface area contributed by atoms with Gasteiger partial charge in [0.25, 0.3) is 0 Å². The zero-order valence-electron chi connectivity index (χ0n) is 17.8. The predicted octanol–water partition coefficient (Wildman–Crippen LogP) is 1.39. The molecule has 0 amide bonds. The topological polar surface area (TPSA) is 94.6 Å². The van der Waals surface area contributed by atoms with Crippen LogP contribution in [0.2, 0.25) is 0 Å². The number of epoxide rings is 1. The van der Waals surface area contributed by atoms with Crippen molar-refractivity contribution in [3.05, 3.63) is 23.3 Å². The first-order chi connectivity index (χ1) is 14.2. The van der Waals surface area contributed by atoms with Crippen LogP contribution in [0.15, 0.2) is 23.3 Å². The van der Waals surface area contributed by atoms with Gasteiger partial charge in [0.2, 0.25) is 0 Å². The van der Waals surface area contributed by atoms with Crippen molar-refractivity contribution < 1.29 is 33.9 Å². The molecule has 6 rings (SSSR count). The monoisotopic (exact) mass is 416 g/mol. The van der Waals surface area contributed by atoms with E-state index in [0.717, 1.165) is 5.57 Å². The van der Waals surface area contributed by atoms with Crippen molar-refractivity contribution in [3.8, 4) is 0 Å². The normalized spacial score (nSPS) is 52.5. The number of rotatable bonds is 3. The molecule has 162 valence electrons. The Kier molecular flexibility index (Phi) is 3.67. The van der Waals surface area contributed by atoms with Gasteiger partial charge < -0.3 is 14.6 Å². The minimum absolute atomic E-state index is 0.0223. The maximum absolute atomic E-state index is 14.2. The highest BCUT2D eigenvalue weighted by atomic mass is 17.2. The molecule has 1 N–H and O–H groups in total. The summed E-state index contributed by atoms with van der Waals surface area (Å²) in [6, 6.07) is 0. The molecule has 1 spiro atoms. The van der Waals surface area contributed by atoms with Gasteiger partial charge in [-0.1, -0.05) is 17.7 Å². The number of fused-ring (bicyclic) bond motifs is 4. The molecule has 4 aliphatic carbocycles. The number of aliphatic hydroxyl groups excluding tert-OH is 1. The molecule has 2 heterocycles. The van der Waals surface area contributed by atoms with Crippen LogP contribution < -0.4 is 0 Å². The summed E-state index contributed by atoms with van der Waals surface area (Å²) in [7, 11) is 1.63. The van der Waals surface area contributed by atoms with Gasteiger partial charge in [0.1, 0.15) is 24.4 Å². The molecule has 4 bridgehead atoms. The van der Waals surface area contributed by atoms with Crippen molar-refractivity contribution in [2.75, 3.05) is 7.11 Å². The van der Waals surface area contributed by atoms with E-state index in [0.29, 0.717) is 5.57 Å². The van der Waals surface area contributed by atoms with Gasteiger partial charge in [-0.2, -0.15) is 0 Å². The second-order valence-corrected chi connectivity index (χ2v) is 10.6. The van der Waals surface area contributed by atoms with E-state index in [1.54, 1.807) is 7.11 Å². The number of methoxy groups -OCH3 is 1. The lowest BCUT2D eigenvalue weighted by atomic mass is 9.54. The minimum Gasteiger partial charge on any atom is -0.392 e. The molecule has 0 aromatic heterocycles. The second kappa shape index (κ2) is 5.70. The molecule has 3 saturated carbocycles. The lowest BCUT2D eigenvalue weighted by molar-refractivity contribution is -0.410. The summed E-state index contributed by atoms with van der Waals surface area (Å²) in [5.41, 5.74) is -0.193. The van der Waals surface area contributed by atoms with Crippen LogP contribution in [0, 0.1) is 35.0 Å². The third-order valence-electron chi connectivity index (χ3n) is 8.73. The lowest BCUT2D eigenvalue weighted by Gasteiger charge is -2.54. The number of aliphatic hydroxyl groups is 1. The number of carbonyl (C=O) groups excluding carboxylic acids is 2. The molecule has 5 fully saturated rings. The highest BCUT2D eigenvalue weighted by molar-refractivity contribution is 6.10. The van der Waals surface area contributed by atoms with Gasteiger partial charge >= 0.3 is 0 Å². The highest BCUT2D eigenvalue weighted by Crippen LogP contribution is 2.72. The van der Waals surface area contributed by atoms with Crippen molar-refractivity contribution in [1.82, 2.24) is 0 Å². The van der Waals surface area contributed by atoms with E-state index in [-0.39, 0.29) is 35.4 Å². The first-order valence-corrected chi connectivity index (χ1v) is 10.8. The van der Waals surface area contributed by atoms with Crippen LogP contribution in [0.5, 0.6) is 0 Å². The number of ether oxygens (including phenoxy) is 2. The van der Waals surface area contributed by atoms with E-state index in [4.69, 9.17) is 19.2 Å². The molecule has 2 saturated heterocycles. The Morgan fingerprint density at radius 1 is 1.20 bits per heavy atom. The molecular weight excluding hydrogens is 388 g/mol. The summed E-state index contributed by atoms with van der Waals surface area (Å²) in [4.78, 5) is 39.5. The molecule has 2 unspecified atom stereocenters. The Morgan fingerprint density at radius 2 is 1.93 bits per heavy atom. The van der Waals surface area contributed by atoms with Crippen LogP contribution in [0.25, 0.3) is 0 Å². The summed E-state index contributed by atoms with van der Waals surface area (Å²) in [6.07, 6.45) is 1.01. The highest BCUT2D eigenvalue weighted by Gasteiger charge is 2.82. The fourth-order valence-electron chi connectivity index (χ4n) is 7.47. The first kappa shape index (κ1) is 19.3. The zero-order valence-corrected chi connectivity index (χ0v) is 17.8. The number of hydrogen-bond acceptors (Lipinski definition) is 7. The largest absolute Gasteiger partial charge is 0.392 e. The van der Waals surface area contributed by atoms with Gasteiger partial charge in [0.15, 0.2) is 11.6 Å². The van der Waals surface area contributed by atoms with Crippen LogP contribution >= 0.6 is 0 Å². The quantitative estimate of drug-likeness (QED) is 0.422. The van der Waals surface area contributed by atoms with Crippen LogP contribution in [0.4, 0.5) is 0 Å². The number of Topliss-reactive ketones (excluding diaryl/α,β-unsaturated/α-hetero) is 2. The van der Waals surface area contributed by atoms with Gasteiger partial charge in [0, 0.05) is 36.4 Å². The van der Waals surface area contributed by atoms with Gasteiger partial charge in [-0.15, -0.1) is 0 Å². The van der Waals surface area contributed by atoms with Gasteiger partial charge in [-0.25, -0.2) is 9.78 Å². The molecule has 0 radical (unpaired) electrons. The third kappa shape index (κ3) is 1.95. The minimum atomic E-state index is -0.962. The number of hydrogen-bond donors (Lipinski definition) is 1. The molecule has 0 aromatic carbocycles. The Bertz CT molecular complexity index is 915. The lowest BCUT2D eigenvalue weighted by Crippen LogP contribution is -2.63. The van der Waals surface area contributed by atoms with E-state index in [1.807, 2.05) is 39.8 Å². The summed E-state index contributed by atoms with van der Waals surface area (Å²) in [6.45, 7) is 7.81. The predicted molar refractivity (Wildman–Crippen MR) is 103 cm³/mol. The van der Waals surface area contributed by atoms with Crippen LogP contribution in [-0.2, 0) is 28.8 Å². The average Bonchev–Trinajstić information content (AvgIpc) is 3.37. The van der Waals surface area contributed by atoms with E-state index in [2.05, 4.69) is 0 Å². The van der Waals surface area contributed by atoms with E-state index >= 15 is 0 Å². The molecular formula is C23H28O7. The molecule has 30 heavy (non-hydrogen) atoms. The average molecular weight is 416 g/mol. The van der Waals surface area contributed by atoms with Gasteiger partial charge in [-0.05, 0) is 27.7 Å². The fraction of sp³-hybridized carbons (Fsp3) is 0.739. The van der Waals surface area contributed by atoms with Gasteiger partial charge in [0.05, 0.1) is 23.0 Å². The summed E-state index contributed by atoms with van der Waals surface area (Å²) < 4.78 is 11.6. The zero-order chi connectivity index (χ0) is 21.3. The molecule has 0 aromatic rings. The van der Waals surface area contributed by atoms with Crippen molar-refractivity contribution in [2.24, 2.45) is 35.0 Å². The van der Waals surface area contributed by atoms with E-state index < -0.39 is 47.3 Å². The van der Waals surface area contributed by atoms with E-state index in [1.165, 1.54) is 0 Å². The third-order valence-corrected chi connectivity index (χ3v) is 8.73. The summed E-state index contributed by atoms with van der Waals surface area (Å²) in [5, 5.41) is 11.4. The number of carbonyl (C=O) groups is 2. The van der Waals surface area contributed by atoms with Crippen molar-refractivity contribution in [3.63, 3.8) is 0 Å². The fourth-order valence-corrected chi connectivity index (χ4v) is 7.47. The molecule has 7 heteroatoms. The molecule has 6 aliphatic rings. The Morgan fingerprint density at radius 3 is 2.60 bits per heavy atom. The van der Waals surface area contributed by atoms with Crippen LogP contribution in [-0.4, -0.2) is 59.9 Å². The molecule has 7 nitrogen and oxygen atoms in total. The SMILES string of the molecule is COC(C)(C)[C@@H]1C=C2C(=O)[C@H]3O[C@H]3C3C(O)[C@@H]4[C@H]2C(=O)[C@@]12[C@@H]4[C@@H]3OO[C@@H]2C=C(C)C. The van der Waals surface area contributed by atoms with Crippen LogP contribution in [0.3, 0.4) is 0 Å². The Balaban J connectivity index is 1.67. The second-order valence-electron chi connectivity index (χ2n) is 10.6. The standard InChI is InChI=1S/C23H28O7/c1-8(2)6-11-23-10(22(3,4)27-5)7-9-12(21(23)26)13-15(23)18(30-29-11)14(17(13)25)19-20(28-19)16(9)24/h6-7,10-15,17-20,25H,1-5H3/t10-,11+,12-,13+,14?,15-,17?,18+,19-,20+,23-/m0/s1. The summed E-state index contributed by atoms with van der Waals surface area (Å²) >= 11 is 0. The van der Waals surface area contributed by atoms with Crippen LogP contribution in [0.1, 0.15) is 27.7 Å². The molecule has 11 atom stereocenters. The van der Waals surface area contributed by atoms with Crippen molar-refractivity contribution in [2.45, 2.75) is 63.8 Å². The van der Waals surface area contributed by atoms with E-state index in [9.17, 15) is 14.7 Å². The first-order valence-electron chi connectivity index (χ1n) is 10.8. The maximum Gasteiger partial charge on any atom is 0.190 e. The number of allylic oxidation sites excluding steroid dienone is 1. The van der Waals surface area contributed by atoms with Gasteiger partial charge in [-0.3, -0.25) is 9.59 Å². The smallest absolute Gasteiger partial charge is 0.190 e. The Labute approximate surface area is 175 Å². The van der Waals surface area contributed by atoms with Crippen molar-refractivity contribution in [1.29, 1.82) is 0 Å². The van der Waals surface area contributed by atoms with Crippen molar-refractivity contribution >= 4 is 11.6 Å². The maximum atomic E-state index is 14.2. The summed E-state index contributed by atoms with van der Waals surface area (Å²) in [5.74, 6) is -2.20. The molecule has 2 aliphatic heterocycles.